The maximum Gasteiger partial charge on any atom is 0.191 e. The predicted molar refractivity (Wildman–Crippen MR) is 113 cm³/mol. The molecule has 0 radical (unpaired) electrons. The van der Waals surface area contributed by atoms with E-state index in [9.17, 15) is 8.78 Å². The fourth-order valence-electron chi connectivity index (χ4n) is 2.22. The van der Waals surface area contributed by atoms with Crippen molar-refractivity contribution in [2.75, 3.05) is 27.3 Å². The van der Waals surface area contributed by atoms with E-state index in [4.69, 9.17) is 9.47 Å². The van der Waals surface area contributed by atoms with E-state index in [1.807, 2.05) is 24.3 Å². The monoisotopic (exact) mass is 491 g/mol. The minimum Gasteiger partial charge on any atom is -0.497 e. The van der Waals surface area contributed by atoms with Crippen LogP contribution in [0.25, 0.3) is 0 Å². The molecule has 0 saturated carbocycles. The number of methoxy groups -OCH3 is 1. The number of ether oxygens (including phenoxy) is 2. The number of aliphatic imine (C=N–C) groups is 1. The highest BCUT2D eigenvalue weighted by Gasteiger charge is 2.05. The van der Waals surface area contributed by atoms with Crippen LogP contribution < -0.4 is 20.1 Å². The number of rotatable bonds is 8. The van der Waals surface area contributed by atoms with Crippen molar-refractivity contribution in [3.05, 3.63) is 59.7 Å². The largest absolute Gasteiger partial charge is 0.497 e. The second-order valence-electron chi connectivity index (χ2n) is 5.47. The van der Waals surface area contributed by atoms with Gasteiger partial charge in [0.2, 0.25) is 0 Å². The van der Waals surface area contributed by atoms with Crippen molar-refractivity contribution in [2.24, 2.45) is 4.99 Å². The summed E-state index contributed by atoms with van der Waals surface area (Å²) in [5.74, 6) is 1.14. The highest BCUT2D eigenvalue weighted by Crippen LogP contribution is 2.16. The molecule has 5 nitrogen and oxygen atoms in total. The summed E-state index contributed by atoms with van der Waals surface area (Å²) in [5.41, 5.74) is 0.246. The van der Waals surface area contributed by atoms with Crippen molar-refractivity contribution in [2.45, 2.75) is 13.0 Å². The van der Waals surface area contributed by atoms with Gasteiger partial charge in [0.05, 0.1) is 13.7 Å². The Labute approximate surface area is 175 Å². The number of halogens is 3. The van der Waals surface area contributed by atoms with E-state index in [1.54, 1.807) is 14.2 Å². The lowest BCUT2D eigenvalue weighted by atomic mass is 10.2. The summed E-state index contributed by atoms with van der Waals surface area (Å²) < 4.78 is 37.5. The number of hydrogen-bond donors (Lipinski definition) is 2. The highest BCUT2D eigenvalue weighted by molar-refractivity contribution is 14.0. The second kappa shape index (κ2) is 12.3. The van der Waals surface area contributed by atoms with Crippen LogP contribution in [0, 0.1) is 11.6 Å². The van der Waals surface area contributed by atoms with Gasteiger partial charge < -0.3 is 20.1 Å². The van der Waals surface area contributed by atoms with Gasteiger partial charge in [-0.15, -0.1) is 24.0 Å². The molecule has 0 spiro atoms. The summed E-state index contributed by atoms with van der Waals surface area (Å²) >= 11 is 0. The first kappa shape index (κ1) is 22.9. The van der Waals surface area contributed by atoms with Crippen molar-refractivity contribution in [1.29, 1.82) is 0 Å². The number of nitrogens with zero attached hydrogens (tertiary/aromatic N) is 1. The van der Waals surface area contributed by atoms with E-state index in [2.05, 4.69) is 15.6 Å². The number of nitrogens with one attached hydrogen (secondary N) is 2. The minimum absolute atomic E-state index is 0. The zero-order chi connectivity index (χ0) is 18.8. The van der Waals surface area contributed by atoms with Gasteiger partial charge in [-0.25, -0.2) is 8.78 Å². The molecule has 0 saturated heterocycles. The number of benzene rings is 2. The quantitative estimate of drug-likeness (QED) is 0.256. The van der Waals surface area contributed by atoms with Crippen LogP contribution in [-0.2, 0) is 6.54 Å². The fourth-order valence-corrected chi connectivity index (χ4v) is 2.22. The lowest BCUT2D eigenvalue weighted by Crippen LogP contribution is -2.37. The average Bonchev–Trinajstić information content (AvgIpc) is 2.67. The summed E-state index contributed by atoms with van der Waals surface area (Å²) in [6, 6.07) is 10.7. The van der Waals surface area contributed by atoms with E-state index in [-0.39, 0.29) is 36.1 Å². The molecule has 2 aromatic carbocycles. The molecule has 0 atom stereocenters. The van der Waals surface area contributed by atoms with E-state index in [0.29, 0.717) is 19.1 Å². The van der Waals surface area contributed by atoms with Crippen molar-refractivity contribution in [3.8, 4) is 11.5 Å². The zero-order valence-corrected chi connectivity index (χ0v) is 17.6. The molecule has 0 aliphatic carbocycles. The molecule has 8 heteroatoms. The van der Waals surface area contributed by atoms with Crippen LogP contribution in [0.4, 0.5) is 8.78 Å². The van der Waals surface area contributed by atoms with Crippen LogP contribution in [0.3, 0.4) is 0 Å². The average molecular weight is 491 g/mol. The third-order valence-corrected chi connectivity index (χ3v) is 3.62. The summed E-state index contributed by atoms with van der Waals surface area (Å²) in [6.45, 7) is 1.31. The molecular weight excluding hydrogens is 467 g/mol. The van der Waals surface area contributed by atoms with Gasteiger partial charge in [-0.1, -0.05) is 0 Å². The van der Waals surface area contributed by atoms with Crippen LogP contribution >= 0.6 is 24.0 Å². The minimum atomic E-state index is -0.471. The van der Waals surface area contributed by atoms with E-state index >= 15 is 0 Å². The number of hydrogen-bond acceptors (Lipinski definition) is 3. The Morgan fingerprint density at radius 2 is 1.74 bits per heavy atom. The Hall–Kier alpha value is -2.10. The Morgan fingerprint density at radius 1 is 1.04 bits per heavy atom. The van der Waals surface area contributed by atoms with Crippen molar-refractivity contribution < 1.29 is 18.3 Å². The first-order chi connectivity index (χ1) is 12.6. The maximum atomic E-state index is 13.6. The molecule has 27 heavy (non-hydrogen) atoms. The first-order valence-electron chi connectivity index (χ1n) is 8.27. The molecule has 148 valence electrons. The van der Waals surface area contributed by atoms with Gasteiger partial charge in [-0.05, 0) is 48.9 Å². The Bertz CT molecular complexity index is 727. The molecule has 0 unspecified atom stereocenters. The molecule has 0 aromatic heterocycles. The molecule has 0 fully saturated rings. The molecule has 0 amide bonds. The lowest BCUT2D eigenvalue weighted by Gasteiger charge is -2.13. The van der Waals surface area contributed by atoms with Gasteiger partial charge in [0, 0.05) is 25.7 Å². The van der Waals surface area contributed by atoms with Crippen molar-refractivity contribution >= 4 is 29.9 Å². The van der Waals surface area contributed by atoms with Crippen molar-refractivity contribution in [3.63, 3.8) is 0 Å². The van der Waals surface area contributed by atoms with Crippen LogP contribution in [0.5, 0.6) is 11.5 Å². The molecule has 0 heterocycles. The van der Waals surface area contributed by atoms with Gasteiger partial charge in [0.1, 0.15) is 23.1 Å². The van der Waals surface area contributed by atoms with Gasteiger partial charge >= 0.3 is 0 Å². The summed E-state index contributed by atoms with van der Waals surface area (Å²) in [6.07, 6.45) is 0.751. The fraction of sp³-hybridized carbons (Fsp3) is 0.316. The maximum absolute atomic E-state index is 13.6. The Kier molecular flexibility index (Phi) is 10.5. The molecule has 2 N–H and O–H groups in total. The van der Waals surface area contributed by atoms with Crippen LogP contribution in [0.1, 0.15) is 12.0 Å². The van der Waals surface area contributed by atoms with Crippen LogP contribution in [-0.4, -0.2) is 33.3 Å². The van der Waals surface area contributed by atoms with Gasteiger partial charge in [0.25, 0.3) is 0 Å². The summed E-state index contributed by atoms with van der Waals surface area (Å²) in [5, 5.41) is 6.05. The standard InChI is InChI=1S/C19H23F2N3O2.HI/c1-22-19(24-13-14-12-15(20)4-9-18(14)21)23-10-3-11-26-17-7-5-16(25-2)6-8-17;/h4-9,12H,3,10-11,13H2,1-2H3,(H2,22,23,24);1H. The third kappa shape index (κ3) is 7.98. The lowest BCUT2D eigenvalue weighted by molar-refractivity contribution is 0.310. The summed E-state index contributed by atoms with van der Waals surface area (Å²) in [4.78, 5) is 4.05. The molecule has 2 rings (SSSR count). The highest BCUT2D eigenvalue weighted by atomic mass is 127. The SMILES string of the molecule is CN=C(NCCCOc1ccc(OC)cc1)NCc1cc(F)ccc1F.I. The van der Waals surface area contributed by atoms with E-state index in [0.717, 1.165) is 36.1 Å². The van der Waals surface area contributed by atoms with Gasteiger partial charge in [-0.2, -0.15) is 0 Å². The second-order valence-corrected chi connectivity index (χ2v) is 5.47. The molecule has 2 aromatic rings. The van der Waals surface area contributed by atoms with Gasteiger partial charge in [-0.3, -0.25) is 4.99 Å². The van der Waals surface area contributed by atoms with Crippen molar-refractivity contribution in [1.82, 2.24) is 10.6 Å². The number of guanidine groups is 1. The zero-order valence-electron chi connectivity index (χ0n) is 15.3. The molecule has 0 aliphatic rings. The topological polar surface area (TPSA) is 54.9 Å². The smallest absolute Gasteiger partial charge is 0.191 e. The van der Waals surface area contributed by atoms with E-state index < -0.39 is 11.6 Å². The van der Waals surface area contributed by atoms with Crippen LogP contribution in [0.2, 0.25) is 0 Å². The van der Waals surface area contributed by atoms with E-state index in [1.165, 1.54) is 0 Å². The molecule has 0 bridgehead atoms. The predicted octanol–water partition coefficient (Wildman–Crippen LogP) is 3.73. The Morgan fingerprint density at radius 3 is 2.41 bits per heavy atom. The third-order valence-electron chi connectivity index (χ3n) is 3.62. The normalized spacial score (nSPS) is 10.7. The molecule has 0 aliphatic heterocycles. The summed E-state index contributed by atoms with van der Waals surface area (Å²) in [7, 11) is 3.23. The van der Waals surface area contributed by atoms with Gasteiger partial charge in [0.15, 0.2) is 5.96 Å². The van der Waals surface area contributed by atoms with Crippen LogP contribution in [0.15, 0.2) is 47.5 Å². The Balaban J connectivity index is 0.00000364. The molecular formula is C19H24F2IN3O2. The first-order valence-corrected chi connectivity index (χ1v) is 8.27.